The van der Waals surface area contributed by atoms with E-state index in [0.29, 0.717) is 31.4 Å². The van der Waals surface area contributed by atoms with Crippen LogP contribution in [-0.4, -0.2) is 76.6 Å². The summed E-state index contributed by atoms with van der Waals surface area (Å²) in [6, 6.07) is 14.5. The molecule has 0 N–H and O–H groups in total. The summed E-state index contributed by atoms with van der Waals surface area (Å²) in [5.74, 6) is 1.13. The maximum atomic E-state index is 13.0. The standard InChI is InChI=1S/C24H31N5O2S/c1-2-11-29(18-22-25-26-24(31-22)21-9-6-17-32-21)23(30)19-28-15-13-27(14-16-28)12-10-20-7-4-3-5-8-20/h3-9,17H,2,10-16,18-19H2,1H3. The van der Waals surface area contributed by atoms with E-state index in [9.17, 15) is 4.79 Å². The van der Waals surface area contributed by atoms with Gasteiger partial charge in [-0.1, -0.05) is 43.3 Å². The maximum absolute atomic E-state index is 13.0. The normalized spacial score (nSPS) is 15.2. The monoisotopic (exact) mass is 453 g/mol. The van der Waals surface area contributed by atoms with Crippen molar-refractivity contribution in [3.05, 3.63) is 59.3 Å². The van der Waals surface area contributed by atoms with Crippen LogP contribution in [0.1, 0.15) is 24.8 Å². The average molecular weight is 454 g/mol. The zero-order valence-corrected chi connectivity index (χ0v) is 19.5. The van der Waals surface area contributed by atoms with E-state index in [1.807, 2.05) is 22.4 Å². The molecule has 0 spiro atoms. The van der Waals surface area contributed by atoms with Gasteiger partial charge in [-0.25, -0.2) is 0 Å². The molecule has 1 aliphatic rings. The van der Waals surface area contributed by atoms with Crippen LogP contribution in [0.2, 0.25) is 0 Å². The Morgan fingerprint density at radius 2 is 1.84 bits per heavy atom. The first-order valence-corrected chi connectivity index (χ1v) is 12.2. The molecule has 1 amide bonds. The highest BCUT2D eigenvalue weighted by molar-refractivity contribution is 7.13. The molecule has 4 rings (SSSR count). The number of aromatic nitrogens is 2. The summed E-state index contributed by atoms with van der Waals surface area (Å²) in [7, 11) is 0. The van der Waals surface area contributed by atoms with Crippen molar-refractivity contribution in [2.45, 2.75) is 26.3 Å². The summed E-state index contributed by atoms with van der Waals surface area (Å²) < 4.78 is 5.80. The van der Waals surface area contributed by atoms with Gasteiger partial charge in [0.25, 0.3) is 5.89 Å². The second kappa shape index (κ2) is 11.4. The molecule has 1 aromatic carbocycles. The third kappa shape index (κ3) is 6.25. The van der Waals surface area contributed by atoms with Crippen LogP contribution in [0.15, 0.2) is 52.3 Å². The fourth-order valence-electron chi connectivity index (χ4n) is 3.94. The van der Waals surface area contributed by atoms with Crippen LogP contribution in [0, 0.1) is 0 Å². The highest BCUT2D eigenvalue weighted by atomic mass is 32.1. The molecule has 2 aromatic heterocycles. The minimum absolute atomic E-state index is 0.125. The van der Waals surface area contributed by atoms with Gasteiger partial charge in [-0.3, -0.25) is 9.69 Å². The van der Waals surface area contributed by atoms with Crippen LogP contribution in [-0.2, 0) is 17.8 Å². The molecule has 1 aliphatic heterocycles. The highest BCUT2D eigenvalue weighted by Crippen LogP contribution is 2.23. The van der Waals surface area contributed by atoms with Gasteiger partial charge in [-0.05, 0) is 29.9 Å². The number of hydrogen-bond acceptors (Lipinski definition) is 7. The Hall–Kier alpha value is -2.55. The third-order valence-electron chi connectivity index (χ3n) is 5.75. The number of piperazine rings is 1. The second-order valence-electron chi connectivity index (χ2n) is 8.15. The molecule has 0 radical (unpaired) electrons. The van der Waals surface area contributed by atoms with Crippen LogP contribution in [0.3, 0.4) is 0 Å². The molecule has 170 valence electrons. The van der Waals surface area contributed by atoms with Crippen molar-refractivity contribution in [3.8, 4) is 10.8 Å². The van der Waals surface area contributed by atoms with Gasteiger partial charge in [0, 0.05) is 39.3 Å². The van der Waals surface area contributed by atoms with Crippen molar-refractivity contribution in [1.29, 1.82) is 0 Å². The van der Waals surface area contributed by atoms with Crippen molar-refractivity contribution in [3.63, 3.8) is 0 Å². The highest BCUT2D eigenvalue weighted by Gasteiger charge is 2.23. The number of amides is 1. The van der Waals surface area contributed by atoms with Crippen molar-refractivity contribution in [1.82, 2.24) is 24.9 Å². The number of carbonyl (C=O) groups excluding carboxylic acids is 1. The van der Waals surface area contributed by atoms with Gasteiger partial charge in [-0.2, -0.15) is 0 Å². The van der Waals surface area contributed by atoms with Crippen molar-refractivity contribution >= 4 is 17.2 Å². The molecular formula is C24H31N5O2S. The van der Waals surface area contributed by atoms with E-state index >= 15 is 0 Å². The van der Waals surface area contributed by atoms with Crippen molar-refractivity contribution < 1.29 is 9.21 Å². The van der Waals surface area contributed by atoms with Crippen LogP contribution in [0.25, 0.3) is 10.8 Å². The van der Waals surface area contributed by atoms with Crippen LogP contribution >= 0.6 is 11.3 Å². The molecule has 0 unspecified atom stereocenters. The quantitative estimate of drug-likeness (QED) is 0.469. The number of carbonyl (C=O) groups is 1. The summed E-state index contributed by atoms with van der Waals surface area (Å²) in [5, 5.41) is 10.3. The minimum atomic E-state index is 0.125. The van der Waals surface area contributed by atoms with Gasteiger partial charge in [-0.15, -0.1) is 21.5 Å². The minimum Gasteiger partial charge on any atom is -0.418 e. The summed E-state index contributed by atoms with van der Waals surface area (Å²) in [6.45, 7) is 8.48. The fraction of sp³-hybridized carbons (Fsp3) is 0.458. The second-order valence-corrected chi connectivity index (χ2v) is 9.09. The molecule has 0 saturated carbocycles. The molecule has 3 heterocycles. The molecule has 1 fully saturated rings. The van der Waals surface area contributed by atoms with Gasteiger partial charge in [0.1, 0.15) is 0 Å². The Morgan fingerprint density at radius 3 is 2.56 bits per heavy atom. The van der Waals surface area contributed by atoms with Gasteiger partial charge in [0.15, 0.2) is 0 Å². The predicted octanol–water partition coefficient (Wildman–Crippen LogP) is 3.40. The SMILES string of the molecule is CCCN(Cc1nnc(-c2cccs2)o1)C(=O)CN1CCN(CCc2ccccc2)CC1. The number of hydrogen-bond donors (Lipinski definition) is 0. The Bertz CT molecular complexity index is 952. The van der Waals surface area contributed by atoms with Crippen molar-refractivity contribution in [2.24, 2.45) is 0 Å². The number of rotatable bonds is 10. The van der Waals surface area contributed by atoms with Gasteiger partial charge in [0.05, 0.1) is 18.0 Å². The van der Waals surface area contributed by atoms with Gasteiger partial charge in [0.2, 0.25) is 11.8 Å². The Morgan fingerprint density at radius 1 is 1.06 bits per heavy atom. The third-order valence-corrected chi connectivity index (χ3v) is 6.61. The molecule has 8 heteroatoms. The summed E-state index contributed by atoms with van der Waals surface area (Å²) in [5.41, 5.74) is 1.38. The smallest absolute Gasteiger partial charge is 0.257 e. The van der Waals surface area contributed by atoms with Crippen LogP contribution < -0.4 is 0 Å². The van der Waals surface area contributed by atoms with E-state index in [2.05, 4.69) is 57.3 Å². The molecule has 3 aromatic rings. The van der Waals surface area contributed by atoms with E-state index < -0.39 is 0 Å². The van der Waals surface area contributed by atoms with E-state index in [1.165, 1.54) is 5.56 Å². The topological polar surface area (TPSA) is 65.7 Å². The average Bonchev–Trinajstić information content (AvgIpc) is 3.51. The van der Waals surface area contributed by atoms with E-state index in [4.69, 9.17) is 4.42 Å². The molecule has 0 atom stereocenters. The first-order valence-electron chi connectivity index (χ1n) is 11.3. The lowest BCUT2D eigenvalue weighted by atomic mass is 10.1. The Kier molecular flexibility index (Phi) is 8.03. The molecule has 0 bridgehead atoms. The number of nitrogens with zero attached hydrogens (tertiary/aromatic N) is 5. The number of benzene rings is 1. The zero-order chi connectivity index (χ0) is 22.2. The molecule has 0 aliphatic carbocycles. The van der Waals surface area contributed by atoms with E-state index in [0.717, 1.165) is 50.4 Å². The van der Waals surface area contributed by atoms with Crippen LogP contribution in [0.4, 0.5) is 0 Å². The summed E-state index contributed by atoms with van der Waals surface area (Å²) >= 11 is 1.56. The first kappa shape index (κ1) is 22.6. The first-order chi connectivity index (χ1) is 15.7. The maximum Gasteiger partial charge on any atom is 0.257 e. The molecule has 7 nitrogen and oxygen atoms in total. The zero-order valence-electron chi connectivity index (χ0n) is 18.7. The van der Waals surface area contributed by atoms with Crippen molar-refractivity contribution in [2.75, 3.05) is 45.8 Å². The largest absolute Gasteiger partial charge is 0.418 e. The molecular weight excluding hydrogens is 422 g/mol. The fourth-order valence-corrected chi connectivity index (χ4v) is 4.58. The Labute approximate surface area is 193 Å². The molecule has 1 saturated heterocycles. The lowest BCUT2D eigenvalue weighted by Crippen LogP contribution is -2.50. The van der Waals surface area contributed by atoms with Gasteiger partial charge >= 0.3 is 0 Å². The lowest BCUT2D eigenvalue weighted by molar-refractivity contribution is -0.133. The predicted molar refractivity (Wildman–Crippen MR) is 126 cm³/mol. The Balaban J connectivity index is 1.24. The van der Waals surface area contributed by atoms with E-state index in [1.54, 1.807) is 11.3 Å². The molecule has 32 heavy (non-hydrogen) atoms. The summed E-state index contributed by atoms with van der Waals surface area (Å²) in [4.78, 5) is 20.6. The van der Waals surface area contributed by atoms with Gasteiger partial charge < -0.3 is 14.2 Å². The summed E-state index contributed by atoms with van der Waals surface area (Å²) in [6.07, 6.45) is 1.96. The number of thiophene rings is 1. The van der Waals surface area contributed by atoms with Crippen LogP contribution in [0.5, 0.6) is 0 Å². The lowest BCUT2D eigenvalue weighted by Gasteiger charge is -2.35. The van der Waals surface area contributed by atoms with E-state index in [-0.39, 0.29) is 5.91 Å².